The van der Waals surface area contributed by atoms with Crippen LogP contribution in [0.2, 0.25) is 0 Å². The van der Waals surface area contributed by atoms with E-state index in [-0.39, 0.29) is 11.5 Å². The minimum absolute atomic E-state index is 0.0994. The first-order valence-electron chi connectivity index (χ1n) is 10.3. The van der Waals surface area contributed by atoms with Crippen LogP contribution in [0, 0.1) is 11.6 Å². The number of hydrogen-bond donors (Lipinski definition) is 3. The van der Waals surface area contributed by atoms with Gasteiger partial charge in [0.25, 0.3) is 0 Å². The Kier molecular flexibility index (Phi) is 7.04. The number of carbonyl (C=O) groups is 3. The lowest BCUT2D eigenvalue weighted by Gasteiger charge is -2.28. The second-order valence-corrected chi connectivity index (χ2v) is 8.24. The molecule has 0 spiro atoms. The van der Waals surface area contributed by atoms with Crippen LogP contribution in [0.25, 0.3) is 0 Å². The number of hydrogen-bond acceptors (Lipinski definition) is 5. The highest BCUT2D eigenvalue weighted by Gasteiger charge is 2.42. The second kappa shape index (κ2) is 9.60. The maximum atomic E-state index is 13.5. The van der Waals surface area contributed by atoms with Gasteiger partial charge in [0.2, 0.25) is 11.8 Å². The van der Waals surface area contributed by atoms with Gasteiger partial charge in [-0.05, 0) is 30.2 Å². The van der Waals surface area contributed by atoms with Gasteiger partial charge in [-0.25, -0.2) is 8.78 Å². The summed E-state index contributed by atoms with van der Waals surface area (Å²) in [7, 11) is 1.60. The normalized spacial score (nSPS) is 21.2. The molecule has 2 aromatic carbocycles. The Hall–Kier alpha value is -3.43. The van der Waals surface area contributed by atoms with Crippen LogP contribution < -0.4 is 11.1 Å². The fraction of sp³-hybridized carbons (Fsp3) is 0.292. The van der Waals surface area contributed by atoms with Crippen molar-refractivity contribution in [2.45, 2.75) is 30.5 Å². The fourth-order valence-electron chi connectivity index (χ4n) is 3.61. The van der Waals surface area contributed by atoms with Gasteiger partial charge in [-0.3, -0.25) is 14.4 Å². The van der Waals surface area contributed by atoms with Crippen molar-refractivity contribution in [3.8, 4) is 0 Å². The van der Waals surface area contributed by atoms with Gasteiger partial charge in [0, 0.05) is 25.6 Å². The number of benzene rings is 2. The Labute approximate surface area is 189 Å². The van der Waals surface area contributed by atoms with Gasteiger partial charge in [-0.2, -0.15) is 0 Å². The molecule has 7 nitrogen and oxygen atoms in total. The van der Waals surface area contributed by atoms with Crippen molar-refractivity contribution in [1.82, 2.24) is 10.2 Å². The molecule has 9 heteroatoms. The smallest absolute Gasteiger partial charge is 0.248 e. The van der Waals surface area contributed by atoms with E-state index in [0.717, 1.165) is 24.6 Å². The van der Waals surface area contributed by atoms with Crippen molar-refractivity contribution in [3.63, 3.8) is 0 Å². The minimum atomic E-state index is -2.28. The summed E-state index contributed by atoms with van der Waals surface area (Å²) in [4.78, 5) is 39.8. The summed E-state index contributed by atoms with van der Waals surface area (Å²) in [6.45, 7) is 1.44. The standard InChI is InChI=1S/C24H25F2N3O4/c1-24(27,21(31)20(30)16-10-17(25)12-18(26)11-16)23(33)28-19-9-8-15(13-29(2)22(19)32)14-6-4-3-5-7-14/h3-12,15,19-20,30H,13,27H2,1-2H3,(H,28,33)/t15-,19-,20-,24+/m0/s1. The highest BCUT2D eigenvalue weighted by Crippen LogP contribution is 2.23. The average Bonchev–Trinajstić information content (AvgIpc) is 2.91. The predicted molar refractivity (Wildman–Crippen MR) is 117 cm³/mol. The molecule has 3 rings (SSSR count). The molecule has 4 N–H and O–H groups in total. The Bertz CT molecular complexity index is 1070. The van der Waals surface area contributed by atoms with E-state index in [2.05, 4.69) is 5.32 Å². The average molecular weight is 457 g/mol. The van der Waals surface area contributed by atoms with Crippen LogP contribution in [0.3, 0.4) is 0 Å². The zero-order valence-corrected chi connectivity index (χ0v) is 18.2. The van der Waals surface area contributed by atoms with Crippen LogP contribution in [0.5, 0.6) is 0 Å². The summed E-state index contributed by atoms with van der Waals surface area (Å²) in [6, 6.07) is 10.6. The number of nitrogens with two attached hydrogens (primary N) is 1. The van der Waals surface area contributed by atoms with Gasteiger partial charge in [0.05, 0.1) is 0 Å². The van der Waals surface area contributed by atoms with Gasteiger partial charge in [-0.15, -0.1) is 0 Å². The largest absolute Gasteiger partial charge is 0.380 e. The number of aliphatic hydroxyl groups excluding tert-OH is 1. The molecule has 0 fully saturated rings. The summed E-state index contributed by atoms with van der Waals surface area (Å²) in [5, 5.41) is 12.7. The fourth-order valence-corrected chi connectivity index (χ4v) is 3.61. The second-order valence-electron chi connectivity index (χ2n) is 8.24. The third-order valence-electron chi connectivity index (χ3n) is 5.60. The number of amides is 2. The molecule has 2 amide bonds. The maximum Gasteiger partial charge on any atom is 0.248 e. The molecule has 1 aliphatic heterocycles. The topological polar surface area (TPSA) is 113 Å². The Morgan fingerprint density at radius 3 is 2.36 bits per heavy atom. The summed E-state index contributed by atoms with van der Waals surface area (Å²) in [5.74, 6) is -4.69. The lowest BCUT2D eigenvalue weighted by molar-refractivity contribution is -0.142. The van der Waals surface area contributed by atoms with Gasteiger partial charge in [0.1, 0.15) is 23.8 Å². The first-order chi connectivity index (χ1) is 15.5. The first kappa shape index (κ1) is 24.2. The van der Waals surface area contributed by atoms with E-state index < -0.39 is 46.9 Å². The van der Waals surface area contributed by atoms with Crippen molar-refractivity contribution in [3.05, 3.63) is 83.4 Å². The van der Waals surface area contributed by atoms with E-state index in [1.807, 2.05) is 30.3 Å². The molecule has 174 valence electrons. The molecule has 33 heavy (non-hydrogen) atoms. The van der Waals surface area contributed by atoms with E-state index in [1.54, 1.807) is 13.1 Å². The number of carbonyl (C=O) groups excluding carboxylic acids is 3. The van der Waals surface area contributed by atoms with Crippen molar-refractivity contribution >= 4 is 17.6 Å². The van der Waals surface area contributed by atoms with Crippen molar-refractivity contribution < 1.29 is 28.3 Å². The number of aliphatic hydroxyl groups is 1. The zero-order chi connectivity index (χ0) is 24.3. The molecule has 4 atom stereocenters. The van der Waals surface area contributed by atoms with Crippen LogP contribution in [0.1, 0.15) is 30.1 Å². The van der Waals surface area contributed by atoms with Crippen LogP contribution in [0.4, 0.5) is 8.78 Å². The molecular formula is C24H25F2N3O4. The van der Waals surface area contributed by atoms with Crippen LogP contribution >= 0.6 is 0 Å². The predicted octanol–water partition coefficient (Wildman–Crippen LogP) is 1.58. The molecule has 2 aromatic rings. The molecule has 1 heterocycles. The maximum absolute atomic E-state index is 13.5. The van der Waals surface area contributed by atoms with Crippen molar-refractivity contribution in [2.75, 3.05) is 13.6 Å². The molecule has 0 aromatic heterocycles. The van der Waals surface area contributed by atoms with Gasteiger partial charge in [-0.1, -0.05) is 42.5 Å². The molecule has 0 saturated carbocycles. The summed E-state index contributed by atoms with van der Waals surface area (Å²) in [5.41, 5.74) is 4.25. The number of halogens is 2. The highest BCUT2D eigenvalue weighted by molar-refractivity contribution is 6.12. The van der Waals surface area contributed by atoms with E-state index in [9.17, 15) is 28.3 Å². The van der Waals surface area contributed by atoms with E-state index in [0.29, 0.717) is 12.6 Å². The number of likely N-dealkylation sites (N-methyl/N-ethyl adjacent to an activating group) is 1. The molecule has 1 aliphatic rings. The molecule has 0 unspecified atom stereocenters. The van der Waals surface area contributed by atoms with Crippen molar-refractivity contribution in [1.29, 1.82) is 0 Å². The SMILES string of the molecule is CN1C[C@@H](c2ccccc2)C=C[C@H](NC(=O)[C@](C)(N)C(=O)[C@@H](O)c2cc(F)cc(F)c2)C1=O. The number of ketones is 1. The van der Waals surface area contributed by atoms with Crippen LogP contribution in [0.15, 0.2) is 60.7 Å². The van der Waals surface area contributed by atoms with E-state index in [1.165, 1.54) is 11.0 Å². The molecule has 0 aliphatic carbocycles. The van der Waals surface area contributed by atoms with Gasteiger partial charge in [0.15, 0.2) is 11.3 Å². The van der Waals surface area contributed by atoms with Crippen molar-refractivity contribution in [2.24, 2.45) is 5.73 Å². The number of nitrogens with zero attached hydrogens (tertiary/aromatic N) is 1. The first-order valence-corrected chi connectivity index (χ1v) is 10.3. The molecule has 0 bridgehead atoms. The Morgan fingerprint density at radius 1 is 1.15 bits per heavy atom. The van der Waals surface area contributed by atoms with Gasteiger partial charge < -0.3 is 21.1 Å². The van der Waals surface area contributed by atoms with E-state index in [4.69, 9.17) is 5.73 Å². The van der Waals surface area contributed by atoms with Gasteiger partial charge >= 0.3 is 0 Å². The zero-order valence-electron chi connectivity index (χ0n) is 18.2. The Morgan fingerprint density at radius 2 is 1.76 bits per heavy atom. The summed E-state index contributed by atoms with van der Waals surface area (Å²) < 4.78 is 26.9. The molecule has 0 saturated heterocycles. The number of nitrogens with one attached hydrogen (secondary N) is 1. The number of rotatable bonds is 6. The van der Waals surface area contributed by atoms with E-state index >= 15 is 0 Å². The summed E-state index contributed by atoms with van der Waals surface area (Å²) in [6.07, 6.45) is 1.28. The number of Topliss-reactive ketones (excluding diaryl/α,β-unsaturated/α-hetero) is 1. The quantitative estimate of drug-likeness (QED) is 0.450. The summed E-state index contributed by atoms with van der Waals surface area (Å²) >= 11 is 0. The Balaban J connectivity index is 1.77. The molecular weight excluding hydrogens is 432 g/mol. The third-order valence-corrected chi connectivity index (χ3v) is 5.60. The minimum Gasteiger partial charge on any atom is -0.380 e. The third kappa shape index (κ3) is 5.32. The lowest BCUT2D eigenvalue weighted by atomic mass is 9.89. The highest BCUT2D eigenvalue weighted by atomic mass is 19.1. The monoisotopic (exact) mass is 457 g/mol. The molecule has 0 radical (unpaired) electrons. The lowest BCUT2D eigenvalue weighted by Crippen LogP contribution is -2.61. The van der Waals surface area contributed by atoms with Crippen LogP contribution in [-0.4, -0.2) is 52.8 Å². The van der Waals surface area contributed by atoms with Crippen LogP contribution in [-0.2, 0) is 14.4 Å².